The minimum Gasteiger partial charge on any atom is -0.480 e. The first-order valence-electron chi connectivity index (χ1n) is 11.2. The van der Waals surface area contributed by atoms with E-state index in [-0.39, 0.29) is 23.8 Å². The number of carboxylic acid groups (broad SMARTS) is 1. The van der Waals surface area contributed by atoms with Crippen LogP contribution in [0.3, 0.4) is 0 Å². The molecule has 13 heteroatoms. The second-order valence-corrected chi connectivity index (χ2v) is 9.24. The van der Waals surface area contributed by atoms with Gasteiger partial charge in [0.2, 0.25) is 5.91 Å². The van der Waals surface area contributed by atoms with Crippen LogP contribution >= 0.6 is 0 Å². The van der Waals surface area contributed by atoms with Crippen molar-refractivity contribution in [3.63, 3.8) is 0 Å². The molecular weight excluding hydrogens is 470 g/mol. The van der Waals surface area contributed by atoms with Crippen LogP contribution in [0.15, 0.2) is 48.5 Å². The van der Waals surface area contributed by atoms with Crippen molar-refractivity contribution in [2.75, 3.05) is 0 Å². The predicted octanol–water partition coefficient (Wildman–Crippen LogP) is -1.71. The van der Waals surface area contributed by atoms with Gasteiger partial charge in [-0.1, -0.05) is 48.5 Å². The van der Waals surface area contributed by atoms with Gasteiger partial charge in [-0.15, -0.1) is 0 Å². The zero-order chi connectivity index (χ0) is 27.0. The Balaban J connectivity index is 2.20. The molecule has 2 aromatic rings. The number of carboxylic acids is 1. The maximum Gasteiger partial charge on any atom is 0.488 e. The smallest absolute Gasteiger partial charge is 0.480 e. The molecule has 2 rings (SSSR count). The molecule has 0 aliphatic rings. The maximum atomic E-state index is 13.1. The van der Waals surface area contributed by atoms with Crippen LogP contribution in [0, 0.1) is 0 Å². The number of rotatable bonds is 10. The second kappa shape index (κ2) is 12.5. The monoisotopic (exact) mass is 500 g/mol. The zero-order valence-corrected chi connectivity index (χ0v) is 20.2. The van der Waals surface area contributed by atoms with Gasteiger partial charge in [0, 0.05) is 12.8 Å². The summed E-state index contributed by atoms with van der Waals surface area (Å²) in [5.74, 6) is -2.06. The molecule has 0 aliphatic heterocycles. The molecule has 192 valence electrons. The van der Waals surface area contributed by atoms with Crippen LogP contribution in [0.4, 0.5) is 4.79 Å². The topological polar surface area (TPSA) is 186 Å². The fourth-order valence-corrected chi connectivity index (χ4v) is 3.25. The minimum atomic E-state index is -1.66. The van der Waals surface area contributed by atoms with Crippen molar-refractivity contribution in [3.05, 3.63) is 59.7 Å². The van der Waals surface area contributed by atoms with Gasteiger partial charge in [-0.3, -0.25) is 4.79 Å². The molecule has 0 radical (unpaired) electrons. The quantitative estimate of drug-likeness (QED) is 0.187. The Kier molecular flexibility index (Phi) is 10.1. The summed E-state index contributed by atoms with van der Waals surface area (Å²) in [5, 5.41) is 51.5. The zero-order valence-electron chi connectivity index (χ0n) is 20.2. The van der Waals surface area contributed by atoms with Crippen LogP contribution in [-0.2, 0) is 27.2 Å². The molecule has 0 fully saturated rings. The highest BCUT2D eigenvalue weighted by molar-refractivity contribution is 6.58. The van der Waals surface area contributed by atoms with Gasteiger partial charge >= 0.3 is 26.3 Å². The Hall–Kier alpha value is -3.38. The van der Waals surface area contributed by atoms with Gasteiger partial charge in [-0.25, -0.2) is 9.59 Å². The van der Waals surface area contributed by atoms with E-state index in [2.05, 4.69) is 10.6 Å². The Morgan fingerprint density at radius 2 is 1.19 bits per heavy atom. The maximum absolute atomic E-state index is 13.1. The number of alkyl carbamates (subject to hydrolysis) is 1. The van der Waals surface area contributed by atoms with Crippen LogP contribution in [0.2, 0.25) is 0 Å². The molecule has 0 saturated heterocycles. The average molecular weight is 500 g/mol. The molecule has 7 N–H and O–H groups in total. The lowest BCUT2D eigenvalue weighted by molar-refractivity contribution is -0.142. The third-order valence-corrected chi connectivity index (χ3v) is 5.06. The molecule has 36 heavy (non-hydrogen) atoms. The minimum absolute atomic E-state index is 0.0255. The SMILES string of the molecule is CC(C)(C)OC(=O)NC(Cc1ccc(B(O)O)cc1)C(=O)N[C@@H](Cc1ccc(B(O)O)cc1)C(=O)O. The Morgan fingerprint density at radius 3 is 1.56 bits per heavy atom. The standard InChI is InChI=1S/C23H30B2N2O9/c1-23(2,3)36-22(31)27-18(12-14-4-8-16(9-5-14)24(32)33)20(28)26-19(21(29)30)13-15-6-10-17(11-7-15)25(34)35/h4-11,18-19,32-35H,12-13H2,1-3H3,(H,26,28)(H,27,31)(H,29,30)/t18?,19-/m0/s1. The lowest BCUT2D eigenvalue weighted by atomic mass is 9.80. The van der Waals surface area contributed by atoms with E-state index in [0.717, 1.165) is 0 Å². The molecule has 0 spiro atoms. The van der Waals surface area contributed by atoms with Crippen molar-refractivity contribution in [1.82, 2.24) is 10.6 Å². The van der Waals surface area contributed by atoms with E-state index in [1.165, 1.54) is 36.4 Å². The fraction of sp³-hybridized carbons (Fsp3) is 0.348. The first kappa shape index (κ1) is 28.9. The van der Waals surface area contributed by atoms with E-state index in [1.54, 1.807) is 32.9 Å². The summed E-state index contributed by atoms with van der Waals surface area (Å²) in [6, 6.07) is 9.38. The molecule has 0 aromatic heterocycles. The van der Waals surface area contributed by atoms with Gasteiger partial charge in [-0.05, 0) is 42.8 Å². The van der Waals surface area contributed by atoms with Crippen molar-refractivity contribution in [3.8, 4) is 0 Å². The molecule has 2 aromatic carbocycles. The first-order valence-corrected chi connectivity index (χ1v) is 11.2. The lowest BCUT2D eigenvalue weighted by Crippen LogP contribution is -2.53. The number of nitrogens with one attached hydrogen (secondary N) is 2. The molecule has 0 bridgehead atoms. The molecule has 2 amide bonds. The number of ether oxygens (including phenoxy) is 1. The number of hydrogen-bond donors (Lipinski definition) is 7. The molecule has 2 atom stereocenters. The summed E-state index contributed by atoms with van der Waals surface area (Å²) in [6.07, 6.45) is -0.983. The molecular formula is C23H30B2N2O9. The summed E-state index contributed by atoms with van der Waals surface area (Å²) in [7, 11) is -3.33. The summed E-state index contributed by atoms with van der Waals surface area (Å²) in [5.41, 5.74) is 0.742. The first-order chi connectivity index (χ1) is 16.7. The van der Waals surface area contributed by atoms with Gasteiger partial charge in [0.25, 0.3) is 0 Å². The van der Waals surface area contributed by atoms with Gasteiger partial charge in [0.05, 0.1) is 0 Å². The van der Waals surface area contributed by atoms with Crippen LogP contribution in [0.25, 0.3) is 0 Å². The normalized spacial score (nSPS) is 12.8. The molecule has 1 unspecified atom stereocenters. The summed E-state index contributed by atoms with van der Waals surface area (Å²) < 4.78 is 5.23. The van der Waals surface area contributed by atoms with E-state index in [4.69, 9.17) is 4.74 Å². The van der Waals surface area contributed by atoms with Crippen molar-refractivity contribution >= 4 is 43.1 Å². The number of benzene rings is 2. The molecule has 0 saturated carbocycles. The third kappa shape index (κ3) is 9.34. The van der Waals surface area contributed by atoms with Gasteiger partial charge < -0.3 is 40.6 Å². The number of carbonyl (C=O) groups is 3. The van der Waals surface area contributed by atoms with E-state index < -0.39 is 49.9 Å². The number of amides is 2. The van der Waals surface area contributed by atoms with Gasteiger partial charge in [0.15, 0.2) is 0 Å². The third-order valence-electron chi connectivity index (χ3n) is 5.06. The van der Waals surface area contributed by atoms with E-state index in [9.17, 15) is 39.6 Å². The molecule has 0 aliphatic carbocycles. The Labute approximate surface area is 209 Å². The second-order valence-electron chi connectivity index (χ2n) is 9.24. The molecule has 0 heterocycles. The van der Waals surface area contributed by atoms with Crippen molar-refractivity contribution < 1.29 is 44.3 Å². The average Bonchev–Trinajstić information content (AvgIpc) is 2.77. The molecule has 11 nitrogen and oxygen atoms in total. The van der Waals surface area contributed by atoms with Crippen molar-refractivity contribution in [2.24, 2.45) is 0 Å². The van der Waals surface area contributed by atoms with Gasteiger partial charge in [0.1, 0.15) is 17.7 Å². The number of aliphatic carboxylic acids is 1. The summed E-state index contributed by atoms with van der Waals surface area (Å²) in [4.78, 5) is 37.3. The summed E-state index contributed by atoms with van der Waals surface area (Å²) in [6.45, 7) is 4.96. The Bertz CT molecular complexity index is 1040. The van der Waals surface area contributed by atoms with Gasteiger partial charge in [-0.2, -0.15) is 0 Å². The number of carbonyl (C=O) groups excluding carboxylic acids is 2. The van der Waals surface area contributed by atoms with Crippen molar-refractivity contribution in [2.45, 2.75) is 51.3 Å². The van der Waals surface area contributed by atoms with E-state index in [0.29, 0.717) is 11.1 Å². The van der Waals surface area contributed by atoms with Crippen LogP contribution < -0.4 is 21.6 Å². The Morgan fingerprint density at radius 1 is 0.778 bits per heavy atom. The van der Waals surface area contributed by atoms with Crippen LogP contribution in [-0.4, -0.2) is 75.1 Å². The number of hydrogen-bond acceptors (Lipinski definition) is 8. The largest absolute Gasteiger partial charge is 0.488 e. The lowest BCUT2D eigenvalue weighted by Gasteiger charge is -2.24. The van der Waals surface area contributed by atoms with Crippen LogP contribution in [0.5, 0.6) is 0 Å². The highest BCUT2D eigenvalue weighted by Crippen LogP contribution is 2.10. The van der Waals surface area contributed by atoms with E-state index in [1.807, 2.05) is 0 Å². The highest BCUT2D eigenvalue weighted by atomic mass is 16.6. The fourth-order valence-electron chi connectivity index (χ4n) is 3.25. The summed E-state index contributed by atoms with van der Waals surface area (Å²) >= 11 is 0. The predicted molar refractivity (Wildman–Crippen MR) is 133 cm³/mol. The highest BCUT2D eigenvalue weighted by Gasteiger charge is 2.29. The van der Waals surface area contributed by atoms with Crippen molar-refractivity contribution in [1.29, 1.82) is 0 Å². The van der Waals surface area contributed by atoms with Crippen LogP contribution in [0.1, 0.15) is 31.9 Å². The van der Waals surface area contributed by atoms with E-state index >= 15 is 0 Å².